The fraction of sp³-hybridized carbons (Fsp3) is 0.368. The average molecular weight is 417 g/mol. The van der Waals surface area contributed by atoms with Crippen LogP contribution >= 0.6 is 23.1 Å². The zero-order valence-corrected chi connectivity index (χ0v) is 17.0. The van der Waals surface area contributed by atoms with Gasteiger partial charge in [0.2, 0.25) is 17.7 Å². The van der Waals surface area contributed by atoms with Gasteiger partial charge in [-0.15, -0.1) is 21.5 Å². The Balaban J connectivity index is 1.31. The van der Waals surface area contributed by atoms with Crippen LogP contribution in [-0.2, 0) is 4.79 Å². The van der Waals surface area contributed by atoms with Crippen LogP contribution in [0.15, 0.2) is 40.7 Å². The first kappa shape index (κ1) is 18.9. The van der Waals surface area contributed by atoms with Gasteiger partial charge in [0.05, 0.1) is 29.6 Å². The Bertz CT molecular complexity index is 915. The quantitative estimate of drug-likeness (QED) is 0.571. The predicted octanol–water partition coefficient (Wildman–Crippen LogP) is 3.26. The molecule has 146 valence electrons. The van der Waals surface area contributed by atoms with Crippen LogP contribution in [0.25, 0.3) is 10.2 Å². The molecule has 9 heteroatoms. The van der Waals surface area contributed by atoms with Crippen LogP contribution in [-0.4, -0.2) is 58.0 Å². The molecular formula is C19H20N4O3S2. The Morgan fingerprint density at radius 3 is 2.86 bits per heavy atom. The van der Waals surface area contributed by atoms with E-state index in [0.717, 1.165) is 33.9 Å². The van der Waals surface area contributed by atoms with Crippen LogP contribution in [0.3, 0.4) is 0 Å². The topological polar surface area (TPSA) is 77.4 Å². The lowest BCUT2D eigenvalue weighted by Crippen LogP contribution is -2.45. The molecule has 0 spiro atoms. The highest BCUT2D eigenvalue weighted by Gasteiger charge is 2.25. The van der Waals surface area contributed by atoms with Crippen molar-refractivity contribution in [1.29, 1.82) is 0 Å². The number of likely N-dealkylation sites (tertiary alicyclic amines) is 1. The van der Waals surface area contributed by atoms with Gasteiger partial charge in [-0.25, -0.2) is 4.98 Å². The van der Waals surface area contributed by atoms with E-state index in [1.807, 2.05) is 29.2 Å². The summed E-state index contributed by atoms with van der Waals surface area (Å²) < 4.78 is 13.0. The maximum Gasteiger partial charge on any atom is 0.233 e. The fourth-order valence-electron chi connectivity index (χ4n) is 3.04. The van der Waals surface area contributed by atoms with E-state index >= 15 is 0 Å². The van der Waals surface area contributed by atoms with Crippen molar-refractivity contribution in [3.05, 3.63) is 36.4 Å². The number of hydrogen-bond acceptors (Lipinski definition) is 8. The molecule has 3 aromatic rings. The number of benzene rings is 1. The van der Waals surface area contributed by atoms with E-state index in [-0.39, 0.29) is 12.0 Å². The fourth-order valence-corrected chi connectivity index (χ4v) is 5.01. The molecule has 1 aliphatic rings. The SMILES string of the molecule is COc1ccc(OC2CCCN(C(=O)CSc3nc4ccccc4s3)C2)nn1. The molecule has 0 saturated carbocycles. The average Bonchev–Trinajstić information content (AvgIpc) is 3.16. The zero-order chi connectivity index (χ0) is 19.3. The van der Waals surface area contributed by atoms with Crippen LogP contribution in [0.5, 0.6) is 11.8 Å². The third-order valence-electron chi connectivity index (χ3n) is 4.44. The summed E-state index contributed by atoms with van der Waals surface area (Å²) in [4.78, 5) is 19.1. The summed E-state index contributed by atoms with van der Waals surface area (Å²) in [6.07, 6.45) is 1.72. The lowest BCUT2D eigenvalue weighted by atomic mass is 10.1. The van der Waals surface area contributed by atoms with E-state index in [2.05, 4.69) is 15.2 Å². The van der Waals surface area contributed by atoms with Crippen molar-refractivity contribution in [2.45, 2.75) is 23.3 Å². The van der Waals surface area contributed by atoms with E-state index in [1.165, 1.54) is 11.8 Å². The number of methoxy groups -OCH3 is 1. The van der Waals surface area contributed by atoms with Crippen LogP contribution in [0, 0.1) is 0 Å². The van der Waals surface area contributed by atoms with E-state index in [0.29, 0.717) is 24.1 Å². The van der Waals surface area contributed by atoms with E-state index in [4.69, 9.17) is 9.47 Å². The summed E-state index contributed by atoms with van der Waals surface area (Å²) >= 11 is 3.12. The number of hydrogen-bond donors (Lipinski definition) is 0. The van der Waals surface area contributed by atoms with Gasteiger partial charge in [-0.2, -0.15) is 0 Å². The Labute approximate surface area is 171 Å². The lowest BCUT2D eigenvalue weighted by Gasteiger charge is -2.32. The van der Waals surface area contributed by atoms with Crippen molar-refractivity contribution in [3.63, 3.8) is 0 Å². The van der Waals surface area contributed by atoms with Gasteiger partial charge in [-0.05, 0) is 25.0 Å². The molecule has 1 amide bonds. The second-order valence-corrected chi connectivity index (χ2v) is 8.63. The van der Waals surface area contributed by atoms with Gasteiger partial charge in [-0.1, -0.05) is 23.9 Å². The number of carbonyl (C=O) groups excluding carboxylic acids is 1. The minimum absolute atomic E-state index is 0.0761. The van der Waals surface area contributed by atoms with Gasteiger partial charge in [0.15, 0.2) is 4.34 Å². The van der Waals surface area contributed by atoms with E-state index in [9.17, 15) is 4.79 Å². The number of rotatable bonds is 6. The molecule has 0 aliphatic carbocycles. The first-order valence-corrected chi connectivity index (χ1v) is 10.8. The van der Waals surface area contributed by atoms with E-state index in [1.54, 1.807) is 30.6 Å². The molecule has 4 rings (SSSR count). The lowest BCUT2D eigenvalue weighted by molar-refractivity contribution is -0.130. The second-order valence-electron chi connectivity index (χ2n) is 6.37. The number of amides is 1. The van der Waals surface area contributed by atoms with Crippen molar-refractivity contribution in [1.82, 2.24) is 20.1 Å². The highest BCUT2D eigenvalue weighted by atomic mass is 32.2. The van der Waals surface area contributed by atoms with Crippen molar-refractivity contribution in [3.8, 4) is 11.8 Å². The number of carbonyl (C=O) groups is 1. The molecule has 28 heavy (non-hydrogen) atoms. The zero-order valence-electron chi connectivity index (χ0n) is 15.4. The molecule has 7 nitrogen and oxygen atoms in total. The highest BCUT2D eigenvalue weighted by Crippen LogP contribution is 2.29. The molecule has 1 unspecified atom stereocenters. The molecule has 1 saturated heterocycles. The van der Waals surface area contributed by atoms with Crippen LogP contribution < -0.4 is 9.47 Å². The third-order valence-corrected chi connectivity index (χ3v) is 6.60. The van der Waals surface area contributed by atoms with Gasteiger partial charge in [0.25, 0.3) is 0 Å². The van der Waals surface area contributed by atoms with Crippen molar-refractivity contribution in [2.24, 2.45) is 0 Å². The van der Waals surface area contributed by atoms with E-state index < -0.39 is 0 Å². The highest BCUT2D eigenvalue weighted by molar-refractivity contribution is 8.01. The molecule has 0 N–H and O–H groups in total. The molecule has 3 heterocycles. The minimum Gasteiger partial charge on any atom is -0.480 e. The summed E-state index contributed by atoms with van der Waals surface area (Å²) in [7, 11) is 1.54. The molecule has 1 atom stereocenters. The molecular weight excluding hydrogens is 396 g/mol. The molecule has 1 fully saturated rings. The summed E-state index contributed by atoms with van der Waals surface area (Å²) in [5, 5.41) is 7.91. The number of para-hydroxylation sites is 1. The van der Waals surface area contributed by atoms with Crippen molar-refractivity contribution < 1.29 is 14.3 Å². The number of aromatic nitrogens is 3. The number of thioether (sulfide) groups is 1. The molecule has 0 bridgehead atoms. The summed E-state index contributed by atoms with van der Waals surface area (Å²) in [6, 6.07) is 11.5. The Kier molecular flexibility index (Phi) is 5.92. The Morgan fingerprint density at radius 1 is 1.25 bits per heavy atom. The van der Waals surface area contributed by atoms with Gasteiger partial charge in [-0.3, -0.25) is 4.79 Å². The Morgan fingerprint density at radius 2 is 2.07 bits per heavy atom. The minimum atomic E-state index is -0.0761. The van der Waals surface area contributed by atoms with Gasteiger partial charge >= 0.3 is 0 Å². The van der Waals surface area contributed by atoms with Gasteiger partial charge < -0.3 is 14.4 Å². The standard InChI is InChI=1S/C19H20N4O3S2/c1-25-16-8-9-17(22-21-16)26-13-5-4-10-23(11-13)18(24)12-27-19-20-14-6-2-3-7-15(14)28-19/h2-3,6-9,13H,4-5,10-12H2,1H3. The number of piperidine rings is 1. The summed E-state index contributed by atoms with van der Waals surface area (Å²) in [5.74, 6) is 1.39. The normalized spacial score (nSPS) is 16.9. The number of nitrogens with zero attached hydrogens (tertiary/aromatic N) is 4. The largest absolute Gasteiger partial charge is 0.480 e. The predicted molar refractivity (Wildman–Crippen MR) is 109 cm³/mol. The first-order valence-electron chi connectivity index (χ1n) is 9.02. The maximum atomic E-state index is 12.7. The summed E-state index contributed by atoms with van der Waals surface area (Å²) in [6.45, 7) is 1.32. The van der Waals surface area contributed by atoms with Crippen LogP contribution in [0.1, 0.15) is 12.8 Å². The molecule has 1 aromatic carbocycles. The number of ether oxygens (including phenoxy) is 2. The number of fused-ring (bicyclic) bond motifs is 1. The number of thiazole rings is 1. The summed E-state index contributed by atoms with van der Waals surface area (Å²) in [5.41, 5.74) is 0.981. The molecule has 2 aromatic heterocycles. The molecule has 0 radical (unpaired) electrons. The van der Waals surface area contributed by atoms with Crippen LogP contribution in [0.4, 0.5) is 0 Å². The van der Waals surface area contributed by atoms with Crippen molar-refractivity contribution in [2.75, 3.05) is 26.0 Å². The maximum absolute atomic E-state index is 12.7. The third kappa shape index (κ3) is 4.53. The first-order chi connectivity index (χ1) is 13.7. The monoisotopic (exact) mass is 416 g/mol. The Hall–Kier alpha value is -2.39. The van der Waals surface area contributed by atoms with Gasteiger partial charge in [0, 0.05) is 18.7 Å². The van der Waals surface area contributed by atoms with Gasteiger partial charge in [0.1, 0.15) is 6.10 Å². The second kappa shape index (κ2) is 8.74. The smallest absolute Gasteiger partial charge is 0.233 e. The van der Waals surface area contributed by atoms with Crippen molar-refractivity contribution >= 4 is 39.2 Å². The van der Waals surface area contributed by atoms with Crippen LogP contribution in [0.2, 0.25) is 0 Å². The molecule has 1 aliphatic heterocycles.